The first-order valence-corrected chi connectivity index (χ1v) is 8.57. The zero-order valence-electron chi connectivity index (χ0n) is 15.0. The van der Waals surface area contributed by atoms with Crippen LogP contribution in [0, 0.1) is 0 Å². The van der Waals surface area contributed by atoms with Gasteiger partial charge in [0, 0.05) is 32.0 Å². The molecule has 0 aliphatic carbocycles. The Morgan fingerprint density at radius 1 is 1.44 bits per heavy atom. The third-order valence-electron chi connectivity index (χ3n) is 4.14. The van der Waals surface area contributed by atoms with E-state index in [-0.39, 0.29) is 29.6 Å². The molecule has 3 amide bonds. The lowest BCUT2D eigenvalue weighted by atomic mass is 10.0. The van der Waals surface area contributed by atoms with Crippen molar-refractivity contribution in [1.82, 2.24) is 30.7 Å². The minimum Gasteiger partial charge on any atom is -0.354 e. The molecule has 25 heavy (non-hydrogen) atoms. The van der Waals surface area contributed by atoms with Crippen LogP contribution < -0.4 is 16.0 Å². The number of aryl methyl sites for hydroxylation is 1. The Bertz CT molecular complexity index is 640. The zero-order valence-corrected chi connectivity index (χ0v) is 15.0. The van der Waals surface area contributed by atoms with E-state index in [2.05, 4.69) is 26.1 Å². The van der Waals surface area contributed by atoms with Crippen molar-refractivity contribution in [2.45, 2.75) is 64.6 Å². The van der Waals surface area contributed by atoms with E-state index in [0.29, 0.717) is 32.4 Å². The lowest BCUT2D eigenvalue weighted by Gasteiger charge is -2.26. The number of carbonyl (C=O) groups excluding carboxylic acids is 3. The highest BCUT2D eigenvalue weighted by atomic mass is 16.2. The summed E-state index contributed by atoms with van der Waals surface area (Å²) in [6.45, 7) is 6.46. The van der Waals surface area contributed by atoms with Crippen LogP contribution in [0.4, 0.5) is 0 Å². The summed E-state index contributed by atoms with van der Waals surface area (Å²) in [4.78, 5) is 35.4. The molecule has 1 aromatic rings. The number of aromatic nitrogens is 3. The molecule has 0 saturated carbocycles. The fraction of sp³-hybridized carbons (Fsp3) is 0.688. The lowest BCUT2D eigenvalue weighted by Crippen LogP contribution is -2.52. The van der Waals surface area contributed by atoms with Gasteiger partial charge in [-0.2, -0.15) is 0 Å². The summed E-state index contributed by atoms with van der Waals surface area (Å²) in [6, 6.07) is 0.0892. The van der Waals surface area contributed by atoms with E-state index in [1.807, 2.05) is 20.8 Å². The van der Waals surface area contributed by atoms with E-state index >= 15 is 0 Å². The van der Waals surface area contributed by atoms with Crippen molar-refractivity contribution >= 4 is 17.7 Å². The second-order valence-electron chi connectivity index (χ2n) is 6.90. The molecule has 2 heterocycles. The third-order valence-corrected chi connectivity index (χ3v) is 4.14. The van der Waals surface area contributed by atoms with Gasteiger partial charge in [0.2, 0.25) is 17.6 Å². The normalized spacial score (nSPS) is 17.2. The quantitative estimate of drug-likeness (QED) is 0.609. The number of hydrogen-bond donors (Lipinski definition) is 3. The Kier molecular flexibility index (Phi) is 6.11. The van der Waals surface area contributed by atoms with E-state index in [4.69, 9.17) is 0 Å². The first-order valence-electron chi connectivity index (χ1n) is 8.57. The third kappa shape index (κ3) is 5.54. The summed E-state index contributed by atoms with van der Waals surface area (Å²) in [5.41, 5.74) is -0.626. The molecule has 1 aromatic heterocycles. The maximum absolute atomic E-state index is 12.3. The fourth-order valence-electron chi connectivity index (χ4n) is 2.68. The van der Waals surface area contributed by atoms with Crippen molar-refractivity contribution in [3.8, 4) is 0 Å². The predicted octanol–water partition coefficient (Wildman–Crippen LogP) is -0.0186. The van der Waals surface area contributed by atoms with E-state index in [0.717, 1.165) is 6.42 Å². The van der Waals surface area contributed by atoms with E-state index in [9.17, 15) is 14.4 Å². The number of rotatable bonds is 8. The molecule has 9 heteroatoms. The van der Waals surface area contributed by atoms with Crippen molar-refractivity contribution in [2.75, 3.05) is 6.54 Å². The molecule has 1 unspecified atom stereocenters. The molecule has 0 spiro atoms. The topological polar surface area (TPSA) is 118 Å². The van der Waals surface area contributed by atoms with Crippen molar-refractivity contribution in [1.29, 1.82) is 0 Å². The molecular formula is C16H26N6O3. The molecule has 0 radical (unpaired) electrons. The van der Waals surface area contributed by atoms with Gasteiger partial charge in [0.15, 0.2) is 0 Å². The Hall–Kier alpha value is -2.45. The monoisotopic (exact) mass is 350 g/mol. The maximum Gasteiger partial charge on any atom is 0.289 e. The minimum absolute atomic E-state index is 0.0502. The first kappa shape index (κ1) is 18.9. The van der Waals surface area contributed by atoms with Gasteiger partial charge in [-0.05, 0) is 33.6 Å². The molecule has 1 atom stereocenters. The summed E-state index contributed by atoms with van der Waals surface area (Å²) in [5.74, 6) is -0.125. The minimum atomic E-state index is -0.626. The molecule has 1 aliphatic rings. The van der Waals surface area contributed by atoms with Gasteiger partial charge in [-0.15, -0.1) is 10.2 Å². The van der Waals surface area contributed by atoms with Crippen LogP contribution in [-0.4, -0.2) is 50.6 Å². The Labute approximate surface area is 146 Å². The molecule has 0 bridgehead atoms. The Morgan fingerprint density at radius 2 is 2.20 bits per heavy atom. The number of carbonyl (C=O) groups is 3. The van der Waals surface area contributed by atoms with Gasteiger partial charge in [-0.1, -0.05) is 0 Å². The highest BCUT2D eigenvalue weighted by molar-refractivity contribution is 5.91. The standard InChI is InChI=1S/C16H26N6O3/c1-4-22-10-18-21-14(22)15(25)20-16(2,3)9-17-12(23)7-5-11-6-8-13(24)19-11/h10-11H,4-9H2,1-3H3,(H,17,23)(H,19,24)(H,20,25). The van der Waals surface area contributed by atoms with Crippen LogP contribution in [0.5, 0.6) is 0 Å². The summed E-state index contributed by atoms with van der Waals surface area (Å²) < 4.78 is 1.65. The van der Waals surface area contributed by atoms with Crippen LogP contribution >= 0.6 is 0 Å². The van der Waals surface area contributed by atoms with Gasteiger partial charge >= 0.3 is 0 Å². The molecule has 3 N–H and O–H groups in total. The molecular weight excluding hydrogens is 324 g/mol. The molecule has 1 aliphatic heterocycles. The highest BCUT2D eigenvalue weighted by Crippen LogP contribution is 2.12. The van der Waals surface area contributed by atoms with Crippen LogP contribution in [-0.2, 0) is 16.1 Å². The molecule has 1 fully saturated rings. The number of nitrogens with one attached hydrogen (secondary N) is 3. The Balaban J connectivity index is 1.75. The number of hydrogen-bond acceptors (Lipinski definition) is 5. The molecule has 2 rings (SSSR count). The van der Waals surface area contributed by atoms with Crippen molar-refractivity contribution in [3.63, 3.8) is 0 Å². The van der Waals surface area contributed by atoms with Gasteiger partial charge < -0.3 is 20.5 Å². The maximum atomic E-state index is 12.3. The average molecular weight is 350 g/mol. The summed E-state index contributed by atoms with van der Waals surface area (Å²) in [7, 11) is 0. The number of nitrogens with zero attached hydrogens (tertiary/aromatic N) is 3. The Morgan fingerprint density at radius 3 is 2.84 bits per heavy atom. The van der Waals surface area contributed by atoms with Crippen molar-refractivity contribution < 1.29 is 14.4 Å². The lowest BCUT2D eigenvalue weighted by molar-refractivity contribution is -0.122. The smallest absolute Gasteiger partial charge is 0.289 e. The second-order valence-corrected chi connectivity index (χ2v) is 6.90. The fourth-order valence-corrected chi connectivity index (χ4v) is 2.68. The van der Waals surface area contributed by atoms with E-state index in [1.54, 1.807) is 4.57 Å². The van der Waals surface area contributed by atoms with Crippen LogP contribution in [0.25, 0.3) is 0 Å². The van der Waals surface area contributed by atoms with E-state index < -0.39 is 5.54 Å². The SMILES string of the molecule is CCn1cnnc1C(=O)NC(C)(C)CNC(=O)CCC1CCC(=O)N1. The first-order chi connectivity index (χ1) is 11.8. The van der Waals surface area contributed by atoms with Gasteiger partial charge in [0.25, 0.3) is 5.91 Å². The van der Waals surface area contributed by atoms with Gasteiger partial charge in [-0.3, -0.25) is 14.4 Å². The van der Waals surface area contributed by atoms with Crippen LogP contribution in [0.1, 0.15) is 57.1 Å². The largest absolute Gasteiger partial charge is 0.354 e. The highest BCUT2D eigenvalue weighted by Gasteiger charge is 2.25. The van der Waals surface area contributed by atoms with E-state index in [1.165, 1.54) is 6.33 Å². The summed E-state index contributed by atoms with van der Waals surface area (Å²) in [6.07, 6.45) is 3.80. The van der Waals surface area contributed by atoms with Crippen LogP contribution in [0.2, 0.25) is 0 Å². The molecule has 138 valence electrons. The zero-order chi connectivity index (χ0) is 18.4. The molecule has 1 saturated heterocycles. The second kappa shape index (κ2) is 8.09. The van der Waals surface area contributed by atoms with Crippen LogP contribution in [0.3, 0.4) is 0 Å². The van der Waals surface area contributed by atoms with Crippen molar-refractivity contribution in [2.24, 2.45) is 0 Å². The van der Waals surface area contributed by atoms with Gasteiger partial charge in [0.1, 0.15) is 6.33 Å². The van der Waals surface area contributed by atoms with Crippen molar-refractivity contribution in [3.05, 3.63) is 12.2 Å². The molecule has 9 nitrogen and oxygen atoms in total. The summed E-state index contributed by atoms with van der Waals surface area (Å²) >= 11 is 0. The molecule has 0 aromatic carbocycles. The predicted molar refractivity (Wildman–Crippen MR) is 90.6 cm³/mol. The number of amides is 3. The average Bonchev–Trinajstić information content (AvgIpc) is 3.19. The van der Waals surface area contributed by atoms with Crippen LogP contribution in [0.15, 0.2) is 6.33 Å². The summed E-state index contributed by atoms with van der Waals surface area (Å²) in [5, 5.41) is 16.1. The van der Waals surface area contributed by atoms with Gasteiger partial charge in [0.05, 0.1) is 5.54 Å². The van der Waals surface area contributed by atoms with Gasteiger partial charge in [-0.25, -0.2) is 0 Å².